The van der Waals surface area contributed by atoms with Crippen LogP contribution in [0, 0.1) is 24.5 Å². The maximum absolute atomic E-state index is 13.5. The number of pyridine rings is 1. The second-order valence-corrected chi connectivity index (χ2v) is 6.02. The lowest BCUT2D eigenvalue weighted by Crippen LogP contribution is -2.37. The van der Waals surface area contributed by atoms with Crippen LogP contribution in [0.3, 0.4) is 0 Å². The lowest BCUT2D eigenvalue weighted by Gasteiger charge is -2.32. The molecule has 0 aliphatic carbocycles. The Morgan fingerprint density at radius 3 is 2.83 bits per heavy atom. The largest absolute Gasteiger partial charge is 0.477 e. The van der Waals surface area contributed by atoms with E-state index in [1.165, 1.54) is 12.1 Å². The lowest BCUT2D eigenvalue weighted by molar-refractivity contribution is 0.188. The number of benzene rings is 1. The minimum atomic E-state index is -0.811. The Kier molecular flexibility index (Phi) is 4.86. The maximum Gasteiger partial charge on any atom is 0.213 e. The molecule has 1 fully saturated rings. The third-order valence-corrected chi connectivity index (χ3v) is 4.33. The van der Waals surface area contributed by atoms with Gasteiger partial charge in [-0.25, -0.2) is 13.8 Å². The van der Waals surface area contributed by atoms with Crippen LogP contribution in [-0.4, -0.2) is 24.7 Å². The smallest absolute Gasteiger partial charge is 0.213 e. The van der Waals surface area contributed by atoms with Crippen LogP contribution in [0.2, 0.25) is 0 Å². The van der Waals surface area contributed by atoms with Crippen LogP contribution in [0.4, 0.5) is 8.78 Å². The topological polar surface area (TPSA) is 34.1 Å². The zero-order valence-corrected chi connectivity index (χ0v) is 13.1. The van der Waals surface area contributed by atoms with Gasteiger partial charge in [-0.2, -0.15) is 0 Å². The van der Waals surface area contributed by atoms with Gasteiger partial charge in [-0.1, -0.05) is 12.1 Å². The second-order valence-electron chi connectivity index (χ2n) is 6.02. The van der Waals surface area contributed by atoms with Gasteiger partial charge in [0.2, 0.25) is 5.88 Å². The summed E-state index contributed by atoms with van der Waals surface area (Å²) in [4.78, 5) is 4.24. The van der Waals surface area contributed by atoms with Gasteiger partial charge in [-0.05, 0) is 43.1 Å². The summed E-state index contributed by atoms with van der Waals surface area (Å²) in [6.45, 7) is 4.13. The molecule has 5 heteroatoms. The first-order valence-electron chi connectivity index (χ1n) is 7.84. The molecule has 2 atom stereocenters. The molecule has 1 saturated heterocycles. The van der Waals surface area contributed by atoms with E-state index in [2.05, 4.69) is 10.3 Å². The van der Waals surface area contributed by atoms with Crippen molar-refractivity contribution in [1.29, 1.82) is 0 Å². The average molecular weight is 318 g/mol. The molecule has 0 saturated carbocycles. The van der Waals surface area contributed by atoms with Crippen LogP contribution in [-0.2, 0) is 0 Å². The standard InChI is InChI=1S/C18H20F2N2O/c1-12-2-5-18(22-9-12)23-11-14-6-7-21-10-15(14)13-3-4-16(19)17(20)8-13/h2-5,8-9,14-15,21H,6-7,10-11H2,1H3/t14?,15-/m1/s1. The van der Waals surface area contributed by atoms with Gasteiger partial charge in [0.1, 0.15) is 0 Å². The van der Waals surface area contributed by atoms with Gasteiger partial charge < -0.3 is 10.1 Å². The van der Waals surface area contributed by atoms with Gasteiger partial charge in [0.05, 0.1) is 6.61 Å². The van der Waals surface area contributed by atoms with Crippen LogP contribution < -0.4 is 10.1 Å². The van der Waals surface area contributed by atoms with Gasteiger partial charge in [-0.3, -0.25) is 0 Å². The fraction of sp³-hybridized carbons (Fsp3) is 0.389. The third-order valence-electron chi connectivity index (χ3n) is 4.33. The van der Waals surface area contributed by atoms with Crippen molar-refractivity contribution >= 4 is 0 Å². The van der Waals surface area contributed by atoms with Crippen molar-refractivity contribution in [1.82, 2.24) is 10.3 Å². The predicted octanol–water partition coefficient (Wildman–Crippen LogP) is 3.44. The third kappa shape index (κ3) is 3.85. The van der Waals surface area contributed by atoms with Crippen molar-refractivity contribution in [2.75, 3.05) is 19.7 Å². The number of rotatable bonds is 4. The van der Waals surface area contributed by atoms with E-state index in [0.29, 0.717) is 12.5 Å². The van der Waals surface area contributed by atoms with E-state index < -0.39 is 11.6 Å². The first-order chi connectivity index (χ1) is 11.1. The highest BCUT2D eigenvalue weighted by Gasteiger charge is 2.27. The number of piperidine rings is 1. The van der Waals surface area contributed by atoms with Gasteiger partial charge in [0, 0.05) is 30.6 Å². The molecule has 2 heterocycles. The number of halogens is 2. The summed E-state index contributed by atoms with van der Waals surface area (Å²) in [5.74, 6) is -0.672. The second kappa shape index (κ2) is 7.04. The highest BCUT2D eigenvalue weighted by molar-refractivity contribution is 5.24. The summed E-state index contributed by atoms with van der Waals surface area (Å²) < 4.78 is 32.5. The van der Waals surface area contributed by atoms with Crippen molar-refractivity contribution < 1.29 is 13.5 Å². The highest BCUT2D eigenvalue weighted by atomic mass is 19.2. The molecule has 0 spiro atoms. The van der Waals surface area contributed by atoms with Crippen molar-refractivity contribution in [3.63, 3.8) is 0 Å². The Labute approximate surface area is 134 Å². The zero-order chi connectivity index (χ0) is 16.2. The molecule has 0 radical (unpaired) electrons. The molecule has 1 aromatic heterocycles. The number of hydrogen-bond donors (Lipinski definition) is 1. The molecule has 3 rings (SSSR count). The van der Waals surface area contributed by atoms with E-state index in [9.17, 15) is 8.78 Å². The summed E-state index contributed by atoms with van der Waals surface area (Å²) >= 11 is 0. The van der Waals surface area contributed by atoms with E-state index >= 15 is 0 Å². The van der Waals surface area contributed by atoms with Gasteiger partial charge in [0.15, 0.2) is 11.6 Å². The summed E-state index contributed by atoms with van der Waals surface area (Å²) in [6.07, 6.45) is 2.69. The number of ether oxygens (including phenoxy) is 1. The number of nitrogens with zero attached hydrogens (tertiary/aromatic N) is 1. The first-order valence-corrected chi connectivity index (χ1v) is 7.84. The minimum absolute atomic E-state index is 0.101. The summed E-state index contributed by atoms with van der Waals surface area (Å²) in [5, 5.41) is 3.32. The van der Waals surface area contributed by atoms with Crippen molar-refractivity contribution in [3.05, 3.63) is 59.3 Å². The molecule has 1 aliphatic rings. The molecular formula is C18H20F2N2O. The van der Waals surface area contributed by atoms with E-state index in [4.69, 9.17) is 4.74 Å². The first kappa shape index (κ1) is 15.9. The quantitative estimate of drug-likeness (QED) is 0.938. The summed E-state index contributed by atoms with van der Waals surface area (Å²) in [7, 11) is 0. The van der Waals surface area contributed by atoms with Crippen LogP contribution in [0.5, 0.6) is 5.88 Å². The molecule has 1 unspecified atom stereocenters. The molecule has 23 heavy (non-hydrogen) atoms. The van der Waals surface area contributed by atoms with Crippen LogP contribution in [0.25, 0.3) is 0 Å². The summed E-state index contributed by atoms with van der Waals surface area (Å²) in [6, 6.07) is 7.95. The number of aromatic nitrogens is 1. The fourth-order valence-electron chi connectivity index (χ4n) is 2.98. The van der Waals surface area contributed by atoms with Gasteiger partial charge >= 0.3 is 0 Å². The van der Waals surface area contributed by atoms with Crippen molar-refractivity contribution in [2.45, 2.75) is 19.3 Å². The maximum atomic E-state index is 13.5. The van der Waals surface area contributed by atoms with Crippen molar-refractivity contribution in [3.8, 4) is 5.88 Å². The van der Waals surface area contributed by atoms with Gasteiger partial charge in [0.25, 0.3) is 0 Å². The molecule has 0 bridgehead atoms. The van der Waals surface area contributed by atoms with E-state index in [0.717, 1.165) is 30.6 Å². The van der Waals surface area contributed by atoms with Crippen molar-refractivity contribution in [2.24, 2.45) is 5.92 Å². The van der Waals surface area contributed by atoms with E-state index in [1.807, 2.05) is 19.1 Å². The molecule has 2 aromatic rings. The Morgan fingerprint density at radius 1 is 1.22 bits per heavy atom. The molecular weight excluding hydrogens is 298 g/mol. The van der Waals surface area contributed by atoms with Crippen LogP contribution >= 0.6 is 0 Å². The zero-order valence-electron chi connectivity index (χ0n) is 13.1. The Balaban J connectivity index is 1.70. The molecule has 0 amide bonds. The van der Waals surface area contributed by atoms with E-state index in [-0.39, 0.29) is 11.8 Å². The number of nitrogens with one attached hydrogen (secondary N) is 1. The minimum Gasteiger partial charge on any atom is -0.477 e. The predicted molar refractivity (Wildman–Crippen MR) is 84.5 cm³/mol. The lowest BCUT2D eigenvalue weighted by atomic mass is 9.82. The van der Waals surface area contributed by atoms with Crippen LogP contribution in [0.1, 0.15) is 23.5 Å². The Bertz CT molecular complexity index is 661. The Morgan fingerprint density at radius 2 is 2.09 bits per heavy atom. The highest BCUT2D eigenvalue weighted by Crippen LogP contribution is 2.30. The number of aryl methyl sites for hydroxylation is 1. The van der Waals surface area contributed by atoms with E-state index in [1.54, 1.807) is 12.3 Å². The molecule has 3 nitrogen and oxygen atoms in total. The fourth-order valence-corrected chi connectivity index (χ4v) is 2.98. The normalized spacial score (nSPS) is 21.2. The van der Waals surface area contributed by atoms with Gasteiger partial charge in [-0.15, -0.1) is 0 Å². The SMILES string of the molecule is Cc1ccc(OCC2CCNC[C@@H]2c2ccc(F)c(F)c2)nc1. The number of hydrogen-bond acceptors (Lipinski definition) is 3. The Hall–Kier alpha value is -2.01. The van der Waals surface area contributed by atoms with Crippen LogP contribution in [0.15, 0.2) is 36.5 Å². The average Bonchev–Trinajstić information content (AvgIpc) is 2.57. The molecule has 1 aromatic carbocycles. The summed E-state index contributed by atoms with van der Waals surface area (Å²) in [5.41, 5.74) is 1.89. The molecule has 122 valence electrons. The molecule has 1 aliphatic heterocycles. The monoisotopic (exact) mass is 318 g/mol. The molecule has 1 N–H and O–H groups in total.